The summed E-state index contributed by atoms with van der Waals surface area (Å²) in [5.74, 6) is 0.638. The molecule has 66 valence electrons. The highest BCUT2D eigenvalue weighted by Crippen LogP contribution is 2.54. The van der Waals surface area contributed by atoms with E-state index in [9.17, 15) is 0 Å². The van der Waals surface area contributed by atoms with E-state index in [0.29, 0.717) is 5.92 Å². The molecule has 3 heteroatoms. The molecule has 0 radical (unpaired) electrons. The zero-order valence-corrected chi connectivity index (χ0v) is 7.51. The lowest BCUT2D eigenvalue weighted by Crippen LogP contribution is -2.18. The standard InChI is InChI=1S/C10H11N3/c1-8-2-3-10(5-9(10)4-8)13-7-11-6-12-13/h2-4,6-7,9H,5H2,1H3. The van der Waals surface area contributed by atoms with E-state index in [1.165, 1.54) is 12.0 Å². The molecule has 3 rings (SSSR count). The second kappa shape index (κ2) is 2.10. The van der Waals surface area contributed by atoms with Gasteiger partial charge in [-0.05, 0) is 13.3 Å². The van der Waals surface area contributed by atoms with Crippen molar-refractivity contribution in [2.45, 2.75) is 18.9 Å². The summed E-state index contributed by atoms with van der Waals surface area (Å²) in [6.07, 6.45) is 11.3. The van der Waals surface area contributed by atoms with Crippen molar-refractivity contribution in [1.29, 1.82) is 0 Å². The predicted molar refractivity (Wildman–Crippen MR) is 49.0 cm³/mol. The lowest BCUT2D eigenvalue weighted by molar-refractivity contribution is 0.496. The van der Waals surface area contributed by atoms with Crippen LogP contribution in [0.25, 0.3) is 0 Å². The maximum Gasteiger partial charge on any atom is 0.137 e. The first-order chi connectivity index (χ1) is 6.31. The van der Waals surface area contributed by atoms with Crippen LogP contribution in [0.15, 0.2) is 36.5 Å². The molecular formula is C10H11N3. The minimum absolute atomic E-state index is 0.135. The van der Waals surface area contributed by atoms with Crippen molar-refractivity contribution in [3.8, 4) is 0 Å². The fraction of sp³-hybridized carbons (Fsp3) is 0.400. The fourth-order valence-electron chi connectivity index (χ4n) is 2.10. The summed E-state index contributed by atoms with van der Waals surface area (Å²) in [5, 5.41) is 4.20. The van der Waals surface area contributed by atoms with Crippen molar-refractivity contribution in [1.82, 2.24) is 14.8 Å². The lowest BCUT2D eigenvalue weighted by atomic mass is 10.0. The number of hydrogen-bond acceptors (Lipinski definition) is 2. The van der Waals surface area contributed by atoms with Gasteiger partial charge in [-0.1, -0.05) is 23.8 Å². The summed E-state index contributed by atoms with van der Waals surface area (Å²) in [5.41, 5.74) is 1.49. The third-order valence-corrected chi connectivity index (χ3v) is 2.97. The van der Waals surface area contributed by atoms with Gasteiger partial charge >= 0.3 is 0 Å². The molecule has 0 N–H and O–H groups in total. The van der Waals surface area contributed by atoms with E-state index in [1.54, 1.807) is 12.7 Å². The van der Waals surface area contributed by atoms with Crippen molar-refractivity contribution >= 4 is 0 Å². The molecular weight excluding hydrogens is 162 g/mol. The highest BCUT2D eigenvalue weighted by molar-refractivity contribution is 5.36. The van der Waals surface area contributed by atoms with E-state index in [-0.39, 0.29) is 5.54 Å². The molecule has 1 aromatic heterocycles. The van der Waals surface area contributed by atoms with Crippen LogP contribution >= 0.6 is 0 Å². The smallest absolute Gasteiger partial charge is 0.137 e. The molecule has 3 nitrogen and oxygen atoms in total. The minimum atomic E-state index is 0.135. The number of nitrogens with zero attached hydrogens (tertiary/aromatic N) is 3. The molecule has 0 amide bonds. The van der Waals surface area contributed by atoms with E-state index < -0.39 is 0 Å². The Bertz CT molecular complexity index is 388. The van der Waals surface area contributed by atoms with Crippen LogP contribution in [0.5, 0.6) is 0 Å². The Morgan fingerprint density at radius 2 is 2.54 bits per heavy atom. The first-order valence-electron chi connectivity index (χ1n) is 4.54. The van der Waals surface area contributed by atoms with Gasteiger partial charge in [-0.15, -0.1) is 0 Å². The van der Waals surface area contributed by atoms with Gasteiger partial charge in [0.1, 0.15) is 12.7 Å². The molecule has 1 fully saturated rings. The first kappa shape index (κ1) is 7.06. The summed E-state index contributed by atoms with van der Waals surface area (Å²) < 4.78 is 1.97. The molecule has 2 aliphatic carbocycles. The van der Waals surface area contributed by atoms with Crippen LogP contribution in [-0.4, -0.2) is 14.8 Å². The van der Waals surface area contributed by atoms with Crippen molar-refractivity contribution in [2.24, 2.45) is 5.92 Å². The Kier molecular flexibility index (Phi) is 1.14. The molecule has 13 heavy (non-hydrogen) atoms. The molecule has 1 saturated carbocycles. The zero-order valence-electron chi connectivity index (χ0n) is 7.51. The number of rotatable bonds is 1. The Balaban J connectivity index is 2.02. The summed E-state index contributed by atoms with van der Waals surface area (Å²) >= 11 is 0. The first-order valence-corrected chi connectivity index (χ1v) is 4.54. The number of allylic oxidation sites excluding steroid dienone is 4. The molecule has 0 saturated heterocycles. The van der Waals surface area contributed by atoms with Gasteiger partial charge in [-0.3, -0.25) is 0 Å². The predicted octanol–water partition coefficient (Wildman–Crippen LogP) is 1.51. The monoisotopic (exact) mass is 173 g/mol. The van der Waals surface area contributed by atoms with Crippen molar-refractivity contribution in [3.05, 3.63) is 36.5 Å². The van der Waals surface area contributed by atoms with Crippen LogP contribution < -0.4 is 0 Å². The van der Waals surface area contributed by atoms with Crippen molar-refractivity contribution in [3.63, 3.8) is 0 Å². The van der Waals surface area contributed by atoms with Crippen LogP contribution in [0.3, 0.4) is 0 Å². The van der Waals surface area contributed by atoms with Crippen LogP contribution in [-0.2, 0) is 5.54 Å². The Labute approximate surface area is 76.8 Å². The summed E-state index contributed by atoms with van der Waals surface area (Å²) in [4.78, 5) is 3.99. The topological polar surface area (TPSA) is 30.7 Å². The van der Waals surface area contributed by atoms with E-state index in [2.05, 4.69) is 35.2 Å². The third-order valence-electron chi connectivity index (χ3n) is 2.97. The molecule has 2 aliphatic rings. The average Bonchev–Trinajstić information content (AvgIpc) is 2.63. The molecule has 2 atom stereocenters. The molecule has 0 aromatic carbocycles. The SMILES string of the molecule is CC1=CC2CC2(n2cncn2)C=C1. The maximum atomic E-state index is 4.20. The minimum Gasteiger partial charge on any atom is -0.242 e. The van der Waals surface area contributed by atoms with E-state index in [1.807, 2.05) is 4.68 Å². The quantitative estimate of drug-likeness (QED) is 0.644. The fourth-order valence-corrected chi connectivity index (χ4v) is 2.10. The summed E-state index contributed by atoms with van der Waals surface area (Å²) in [6.45, 7) is 2.14. The number of aromatic nitrogens is 3. The highest BCUT2D eigenvalue weighted by atomic mass is 15.4. The second-order valence-electron chi connectivity index (χ2n) is 3.89. The third kappa shape index (κ3) is 0.842. The van der Waals surface area contributed by atoms with E-state index >= 15 is 0 Å². The number of hydrogen-bond donors (Lipinski definition) is 0. The Morgan fingerprint density at radius 1 is 1.62 bits per heavy atom. The van der Waals surface area contributed by atoms with Gasteiger partial charge in [-0.2, -0.15) is 5.10 Å². The van der Waals surface area contributed by atoms with Crippen LogP contribution in [0.1, 0.15) is 13.3 Å². The summed E-state index contributed by atoms with van der Waals surface area (Å²) in [7, 11) is 0. The van der Waals surface area contributed by atoms with Crippen molar-refractivity contribution in [2.75, 3.05) is 0 Å². The van der Waals surface area contributed by atoms with Crippen LogP contribution in [0.2, 0.25) is 0 Å². The second-order valence-corrected chi connectivity index (χ2v) is 3.89. The maximum absolute atomic E-state index is 4.20. The molecule has 1 aromatic rings. The van der Waals surface area contributed by atoms with Gasteiger partial charge in [0.05, 0.1) is 5.54 Å². The lowest BCUT2D eigenvalue weighted by Gasteiger charge is -2.14. The molecule has 2 unspecified atom stereocenters. The van der Waals surface area contributed by atoms with E-state index in [0.717, 1.165) is 0 Å². The zero-order chi connectivity index (χ0) is 8.89. The average molecular weight is 173 g/mol. The van der Waals surface area contributed by atoms with Crippen LogP contribution in [0.4, 0.5) is 0 Å². The Hall–Kier alpha value is -1.38. The normalized spacial score (nSPS) is 35.5. The summed E-state index contributed by atoms with van der Waals surface area (Å²) in [6, 6.07) is 0. The van der Waals surface area contributed by atoms with Gasteiger partial charge in [0.15, 0.2) is 0 Å². The van der Waals surface area contributed by atoms with Gasteiger partial charge < -0.3 is 0 Å². The van der Waals surface area contributed by atoms with Gasteiger partial charge in [-0.25, -0.2) is 9.67 Å². The Morgan fingerprint density at radius 3 is 3.23 bits per heavy atom. The molecule has 0 aliphatic heterocycles. The van der Waals surface area contributed by atoms with Gasteiger partial charge in [0.25, 0.3) is 0 Å². The van der Waals surface area contributed by atoms with Crippen LogP contribution in [0, 0.1) is 5.92 Å². The molecule has 0 bridgehead atoms. The van der Waals surface area contributed by atoms with Gasteiger partial charge in [0.2, 0.25) is 0 Å². The number of fused-ring (bicyclic) bond motifs is 1. The van der Waals surface area contributed by atoms with Gasteiger partial charge in [0, 0.05) is 5.92 Å². The largest absolute Gasteiger partial charge is 0.242 e. The van der Waals surface area contributed by atoms with Crippen molar-refractivity contribution < 1.29 is 0 Å². The molecule has 0 spiro atoms. The van der Waals surface area contributed by atoms with E-state index in [4.69, 9.17) is 0 Å². The molecule has 1 heterocycles. The highest BCUT2D eigenvalue weighted by Gasteiger charge is 2.54.